The number of rotatable bonds is 4. The van der Waals surface area contributed by atoms with E-state index in [4.69, 9.17) is 9.84 Å². The Morgan fingerprint density at radius 3 is 2.57 bits per heavy atom. The topological polar surface area (TPSA) is 29.5 Å². The van der Waals surface area contributed by atoms with Crippen molar-refractivity contribution in [2.24, 2.45) is 0 Å². The van der Waals surface area contributed by atoms with Gasteiger partial charge in [-0.1, -0.05) is 24.8 Å². The molecule has 0 aliphatic rings. The summed E-state index contributed by atoms with van der Waals surface area (Å²) in [6, 6.07) is 7.31. The molecule has 0 saturated heterocycles. The zero-order valence-electron chi connectivity index (χ0n) is 8.23. The highest BCUT2D eigenvalue weighted by Gasteiger charge is 1.94. The van der Waals surface area contributed by atoms with E-state index in [2.05, 4.69) is 6.58 Å². The highest BCUT2D eigenvalue weighted by atomic mass is 16.5. The van der Waals surface area contributed by atoms with Crippen LogP contribution in [0, 0.1) is 0 Å². The van der Waals surface area contributed by atoms with Crippen LogP contribution in [0.15, 0.2) is 48.8 Å². The second-order valence-corrected chi connectivity index (χ2v) is 2.92. The molecule has 1 rings (SSSR count). The average molecular weight is 190 g/mol. The van der Waals surface area contributed by atoms with E-state index in [1.165, 1.54) is 0 Å². The van der Waals surface area contributed by atoms with E-state index in [1.807, 2.05) is 31.2 Å². The fourth-order valence-corrected chi connectivity index (χ4v) is 1.05. The van der Waals surface area contributed by atoms with Gasteiger partial charge >= 0.3 is 0 Å². The monoisotopic (exact) mass is 190 g/mol. The van der Waals surface area contributed by atoms with Gasteiger partial charge in [0, 0.05) is 0 Å². The summed E-state index contributed by atoms with van der Waals surface area (Å²) in [6.07, 6.45) is 3.47. The Bertz CT molecular complexity index is 323. The van der Waals surface area contributed by atoms with Crippen LogP contribution in [0.2, 0.25) is 0 Å². The summed E-state index contributed by atoms with van der Waals surface area (Å²) in [4.78, 5) is 0. The first-order valence-electron chi connectivity index (χ1n) is 4.43. The molecule has 0 aliphatic heterocycles. The zero-order valence-corrected chi connectivity index (χ0v) is 8.23. The first-order chi connectivity index (χ1) is 6.76. The molecular formula is C12H14O2. The molecule has 0 unspecified atom stereocenters. The summed E-state index contributed by atoms with van der Waals surface area (Å²) in [6.45, 7) is 5.50. The van der Waals surface area contributed by atoms with E-state index < -0.39 is 0 Å². The molecule has 0 heterocycles. The Morgan fingerprint density at radius 1 is 1.43 bits per heavy atom. The molecule has 0 radical (unpaired) electrons. The second-order valence-electron chi connectivity index (χ2n) is 2.92. The number of ether oxygens (including phenoxy) is 1. The molecule has 1 aromatic carbocycles. The third kappa shape index (κ3) is 3.07. The van der Waals surface area contributed by atoms with E-state index >= 15 is 0 Å². The van der Waals surface area contributed by atoms with E-state index in [0.717, 1.165) is 17.1 Å². The SMILES string of the molecule is C=C/C=C(/C)Oc1ccc(CO)cc1. The van der Waals surface area contributed by atoms with Crippen LogP contribution in [0.1, 0.15) is 12.5 Å². The molecular weight excluding hydrogens is 176 g/mol. The summed E-state index contributed by atoms with van der Waals surface area (Å²) in [5, 5.41) is 8.83. The molecule has 0 amide bonds. The van der Waals surface area contributed by atoms with E-state index in [-0.39, 0.29) is 6.61 Å². The number of aliphatic hydroxyl groups is 1. The van der Waals surface area contributed by atoms with Gasteiger partial charge < -0.3 is 9.84 Å². The van der Waals surface area contributed by atoms with Crippen molar-refractivity contribution in [2.45, 2.75) is 13.5 Å². The van der Waals surface area contributed by atoms with Crippen molar-refractivity contribution in [3.8, 4) is 5.75 Å². The molecule has 2 heteroatoms. The Morgan fingerprint density at radius 2 is 2.07 bits per heavy atom. The minimum atomic E-state index is 0.0573. The van der Waals surface area contributed by atoms with E-state index in [0.29, 0.717) is 0 Å². The van der Waals surface area contributed by atoms with Crippen LogP contribution in [0.4, 0.5) is 0 Å². The molecule has 14 heavy (non-hydrogen) atoms. The van der Waals surface area contributed by atoms with Crippen molar-refractivity contribution < 1.29 is 9.84 Å². The third-order valence-corrected chi connectivity index (χ3v) is 1.74. The molecule has 0 spiro atoms. The molecule has 0 atom stereocenters. The van der Waals surface area contributed by atoms with Crippen LogP contribution in [0.25, 0.3) is 0 Å². The molecule has 1 aromatic rings. The lowest BCUT2D eigenvalue weighted by atomic mass is 10.2. The standard InChI is InChI=1S/C12H14O2/c1-3-4-10(2)14-12-7-5-11(9-13)6-8-12/h3-8,13H,1,9H2,2H3/b10-4-. The normalized spacial score (nSPS) is 11.1. The van der Waals surface area contributed by atoms with Crippen molar-refractivity contribution in [3.05, 3.63) is 54.3 Å². The van der Waals surface area contributed by atoms with Gasteiger partial charge in [0.2, 0.25) is 0 Å². The fraction of sp³-hybridized carbons (Fsp3) is 0.167. The van der Waals surface area contributed by atoms with Gasteiger partial charge in [0.1, 0.15) is 11.5 Å². The highest BCUT2D eigenvalue weighted by molar-refractivity contribution is 5.28. The van der Waals surface area contributed by atoms with Crippen LogP contribution in [0.3, 0.4) is 0 Å². The lowest BCUT2D eigenvalue weighted by Crippen LogP contribution is -1.90. The van der Waals surface area contributed by atoms with Crippen LogP contribution in [0.5, 0.6) is 5.75 Å². The number of benzene rings is 1. The predicted molar refractivity (Wildman–Crippen MR) is 56.9 cm³/mol. The Kier molecular flexibility index (Phi) is 3.95. The summed E-state index contributed by atoms with van der Waals surface area (Å²) in [7, 11) is 0. The third-order valence-electron chi connectivity index (χ3n) is 1.74. The van der Waals surface area contributed by atoms with E-state index in [1.54, 1.807) is 12.2 Å². The maximum Gasteiger partial charge on any atom is 0.126 e. The van der Waals surface area contributed by atoms with Gasteiger partial charge in [0.05, 0.1) is 6.61 Å². The first-order valence-corrected chi connectivity index (χ1v) is 4.43. The lowest BCUT2D eigenvalue weighted by molar-refractivity contribution is 0.281. The van der Waals surface area contributed by atoms with Gasteiger partial charge in [-0.2, -0.15) is 0 Å². The minimum Gasteiger partial charge on any atom is -0.462 e. The van der Waals surface area contributed by atoms with Gasteiger partial charge in [-0.3, -0.25) is 0 Å². The zero-order chi connectivity index (χ0) is 10.4. The molecule has 0 aromatic heterocycles. The van der Waals surface area contributed by atoms with Gasteiger partial charge in [0.25, 0.3) is 0 Å². The molecule has 0 aliphatic carbocycles. The Balaban J connectivity index is 2.68. The molecule has 0 bridgehead atoms. The molecule has 74 valence electrons. The predicted octanol–water partition coefficient (Wildman–Crippen LogP) is 2.65. The second kappa shape index (κ2) is 5.25. The number of hydrogen-bond acceptors (Lipinski definition) is 2. The summed E-state index contributed by atoms with van der Waals surface area (Å²) in [5.41, 5.74) is 0.878. The molecule has 0 saturated carbocycles. The van der Waals surface area contributed by atoms with Gasteiger partial charge in [-0.15, -0.1) is 0 Å². The van der Waals surface area contributed by atoms with Gasteiger partial charge in [-0.05, 0) is 30.7 Å². The first kappa shape index (κ1) is 10.5. The number of aliphatic hydroxyl groups excluding tert-OH is 1. The van der Waals surface area contributed by atoms with Crippen molar-refractivity contribution in [1.82, 2.24) is 0 Å². The quantitative estimate of drug-likeness (QED) is 0.584. The number of allylic oxidation sites excluding steroid dienone is 3. The Labute approximate surface area is 84.1 Å². The summed E-state index contributed by atoms with van der Waals surface area (Å²) < 4.78 is 5.46. The number of hydrogen-bond donors (Lipinski definition) is 1. The summed E-state index contributed by atoms with van der Waals surface area (Å²) >= 11 is 0. The van der Waals surface area contributed by atoms with Gasteiger partial charge in [-0.25, -0.2) is 0 Å². The molecule has 1 N–H and O–H groups in total. The smallest absolute Gasteiger partial charge is 0.126 e. The van der Waals surface area contributed by atoms with Crippen molar-refractivity contribution in [1.29, 1.82) is 0 Å². The minimum absolute atomic E-state index is 0.0573. The molecule has 0 fully saturated rings. The van der Waals surface area contributed by atoms with E-state index in [9.17, 15) is 0 Å². The average Bonchev–Trinajstić information content (AvgIpc) is 2.19. The maximum atomic E-state index is 8.83. The maximum absolute atomic E-state index is 8.83. The van der Waals surface area contributed by atoms with Crippen LogP contribution >= 0.6 is 0 Å². The van der Waals surface area contributed by atoms with Crippen molar-refractivity contribution in [2.75, 3.05) is 0 Å². The van der Waals surface area contributed by atoms with Crippen LogP contribution in [-0.2, 0) is 6.61 Å². The van der Waals surface area contributed by atoms with Crippen LogP contribution in [-0.4, -0.2) is 5.11 Å². The van der Waals surface area contributed by atoms with Crippen molar-refractivity contribution in [3.63, 3.8) is 0 Å². The summed E-state index contributed by atoms with van der Waals surface area (Å²) in [5.74, 6) is 1.55. The highest BCUT2D eigenvalue weighted by Crippen LogP contribution is 2.14. The van der Waals surface area contributed by atoms with Gasteiger partial charge in [0.15, 0.2) is 0 Å². The van der Waals surface area contributed by atoms with Crippen LogP contribution < -0.4 is 4.74 Å². The fourth-order valence-electron chi connectivity index (χ4n) is 1.05. The lowest BCUT2D eigenvalue weighted by Gasteiger charge is -2.05. The van der Waals surface area contributed by atoms with Crippen molar-refractivity contribution >= 4 is 0 Å². The largest absolute Gasteiger partial charge is 0.462 e. The Hall–Kier alpha value is -1.54. The molecule has 2 nitrogen and oxygen atoms in total.